The summed E-state index contributed by atoms with van der Waals surface area (Å²) >= 11 is 0. The van der Waals surface area contributed by atoms with Crippen LogP contribution in [0.25, 0.3) is 10.9 Å². The maximum atomic E-state index is 13.0. The van der Waals surface area contributed by atoms with Gasteiger partial charge < -0.3 is 36.9 Å². The first-order valence-corrected chi connectivity index (χ1v) is 11.6. The predicted octanol–water partition coefficient (Wildman–Crippen LogP) is 0.119. The van der Waals surface area contributed by atoms with Crippen molar-refractivity contribution in [3.05, 3.63) is 36.0 Å². The molecule has 0 saturated carbocycles. The number of carbonyl (C=O) groups is 5. The molecule has 0 saturated heterocycles. The lowest BCUT2D eigenvalue weighted by Gasteiger charge is -2.25. The summed E-state index contributed by atoms with van der Waals surface area (Å²) < 4.78 is 0. The number of fused-ring (bicyclic) bond motifs is 1. The van der Waals surface area contributed by atoms with Crippen LogP contribution in [0.2, 0.25) is 0 Å². The number of para-hydroxylation sites is 1. The van der Waals surface area contributed by atoms with Gasteiger partial charge in [-0.1, -0.05) is 32.0 Å². The summed E-state index contributed by atoms with van der Waals surface area (Å²) in [6.07, 6.45) is 1.16. The van der Waals surface area contributed by atoms with E-state index < -0.39 is 54.2 Å². The average molecular weight is 504 g/mol. The first kappa shape index (κ1) is 28.3. The van der Waals surface area contributed by atoms with E-state index in [1.165, 1.54) is 0 Å². The maximum Gasteiger partial charge on any atom is 0.326 e. The van der Waals surface area contributed by atoms with Crippen LogP contribution in [-0.4, -0.2) is 69.5 Å². The number of hydrogen-bond acceptors (Lipinski definition) is 6. The molecule has 0 aliphatic carbocycles. The summed E-state index contributed by atoms with van der Waals surface area (Å²) in [6.45, 7) is 3.34. The van der Waals surface area contributed by atoms with Crippen LogP contribution in [0.3, 0.4) is 0 Å². The van der Waals surface area contributed by atoms with Crippen molar-refractivity contribution < 1.29 is 34.2 Å². The molecule has 3 amide bonds. The Balaban J connectivity index is 2.19. The molecular formula is C24H33N5O7. The monoisotopic (exact) mass is 503 g/mol. The Morgan fingerprint density at radius 1 is 0.944 bits per heavy atom. The number of carboxylic acid groups (broad SMARTS) is 2. The number of H-pyrrole nitrogens is 1. The standard InChI is InChI=1S/C24H33N5O7/c1-13(2)9-18(27-20(30)11-25)23(34)28-17(7-8-21(31)32)22(33)29-19(24(35)36)10-14-12-26-16-6-4-3-5-15(14)16/h3-6,12-13,17-19,26H,7-11,25H2,1-2H3,(H,27,30)(H,28,34)(H,29,33)(H,31,32)(H,35,36). The van der Waals surface area contributed by atoms with Crippen LogP contribution in [-0.2, 0) is 30.4 Å². The molecule has 2 aromatic rings. The third-order valence-corrected chi connectivity index (χ3v) is 5.54. The third-order valence-electron chi connectivity index (χ3n) is 5.54. The third kappa shape index (κ3) is 8.38. The number of nitrogens with one attached hydrogen (secondary N) is 4. The number of carbonyl (C=O) groups excluding carboxylic acids is 3. The predicted molar refractivity (Wildman–Crippen MR) is 131 cm³/mol. The number of benzene rings is 1. The van der Waals surface area contributed by atoms with Crippen molar-refractivity contribution in [2.75, 3.05) is 6.54 Å². The first-order valence-electron chi connectivity index (χ1n) is 11.6. The molecular weight excluding hydrogens is 470 g/mol. The number of nitrogens with two attached hydrogens (primary N) is 1. The second-order valence-corrected chi connectivity index (χ2v) is 8.91. The van der Waals surface area contributed by atoms with Gasteiger partial charge in [-0.15, -0.1) is 0 Å². The molecule has 0 aliphatic rings. The van der Waals surface area contributed by atoms with Crippen LogP contribution in [0, 0.1) is 5.92 Å². The Hall–Kier alpha value is -3.93. The summed E-state index contributed by atoms with van der Waals surface area (Å²) in [4.78, 5) is 63.8. The van der Waals surface area contributed by atoms with Crippen LogP contribution >= 0.6 is 0 Å². The quantitative estimate of drug-likeness (QED) is 0.188. The molecule has 0 fully saturated rings. The molecule has 0 radical (unpaired) electrons. The van der Waals surface area contributed by atoms with Crippen LogP contribution in [0.4, 0.5) is 0 Å². The van der Waals surface area contributed by atoms with E-state index >= 15 is 0 Å². The number of hydrogen-bond donors (Lipinski definition) is 7. The molecule has 3 unspecified atom stereocenters. The lowest BCUT2D eigenvalue weighted by atomic mass is 10.0. The van der Waals surface area contributed by atoms with E-state index in [0.717, 1.165) is 10.9 Å². The molecule has 2 rings (SSSR count). The Morgan fingerprint density at radius 3 is 2.19 bits per heavy atom. The summed E-state index contributed by atoms with van der Waals surface area (Å²) in [5.74, 6) is -4.56. The summed E-state index contributed by atoms with van der Waals surface area (Å²) in [5, 5.41) is 27.0. The van der Waals surface area contributed by atoms with E-state index in [-0.39, 0.29) is 31.7 Å². The fraction of sp³-hybridized carbons (Fsp3) is 0.458. The Kier molecular flexibility index (Phi) is 10.4. The molecule has 0 aliphatic heterocycles. The molecule has 1 aromatic heterocycles. The number of aliphatic carboxylic acids is 2. The molecule has 0 bridgehead atoms. The molecule has 12 nitrogen and oxygen atoms in total. The van der Waals surface area contributed by atoms with Gasteiger partial charge >= 0.3 is 11.9 Å². The van der Waals surface area contributed by atoms with E-state index in [2.05, 4.69) is 20.9 Å². The lowest BCUT2D eigenvalue weighted by molar-refractivity contribution is -0.143. The highest BCUT2D eigenvalue weighted by atomic mass is 16.4. The zero-order chi connectivity index (χ0) is 26.8. The molecule has 0 spiro atoms. The highest BCUT2D eigenvalue weighted by molar-refractivity contribution is 5.94. The smallest absolute Gasteiger partial charge is 0.326 e. The molecule has 12 heteroatoms. The first-order chi connectivity index (χ1) is 17.0. The fourth-order valence-electron chi connectivity index (χ4n) is 3.76. The fourth-order valence-corrected chi connectivity index (χ4v) is 3.76. The van der Waals surface area contributed by atoms with Crippen LogP contribution in [0.1, 0.15) is 38.7 Å². The number of aromatic amines is 1. The van der Waals surface area contributed by atoms with E-state index in [0.29, 0.717) is 5.56 Å². The van der Waals surface area contributed by atoms with Crippen LogP contribution in [0.15, 0.2) is 30.5 Å². The summed E-state index contributed by atoms with van der Waals surface area (Å²) in [6, 6.07) is 3.64. The summed E-state index contributed by atoms with van der Waals surface area (Å²) in [7, 11) is 0. The Morgan fingerprint density at radius 2 is 1.58 bits per heavy atom. The second-order valence-electron chi connectivity index (χ2n) is 8.91. The van der Waals surface area contributed by atoms with Gasteiger partial charge in [-0.05, 0) is 30.4 Å². The van der Waals surface area contributed by atoms with Gasteiger partial charge in [0.15, 0.2) is 0 Å². The molecule has 8 N–H and O–H groups in total. The van der Waals surface area contributed by atoms with Crippen molar-refractivity contribution in [2.24, 2.45) is 11.7 Å². The Labute approximate surface area is 208 Å². The van der Waals surface area contributed by atoms with E-state index in [4.69, 9.17) is 10.8 Å². The normalized spacial score (nSPS) is 13.6. The van der Waals surface area contributed by atoms with Crippen molar-refractivity contribution in [2.45, 2.75) is 57.7 Å². The van der Waals surface area contributed by atoms with Crippen molar-refractivity contribution in [3.8, 4) is 0 Å². The minimum atomic E-state index is -1.33. The topological polar surface area (TPSA) is 204 Å². The molecule has 1 heterocycles. The van der Waals surface area contributed by atoms with Gasteiger partial charge in [0.1, 0.15) is 18.1 Å². The zero-order valence-electron chi connectivity index (χ0n) is 20.2. The van der Waals surface area contributed by atoms with Crippen LogP contribution in [0.5, 0.6) is 0 Å². The SMILES string of the molecule is CC(C)CC(NC(=O)CN)C(=O)NC(CCC(=O)O)C(=O)NC(Cc1c[nH]c2ccccc12)C(=O)O. The second kappa shape index (κ2) is 13.2. The number of rotatable bonds is 14. The largest absolute Gasteiger partial charge is 0.481 e. The molecule has 3 atom stereocenters. The maximum absolute atomic E-state index is 13.0. The van der Waals surface area contributed by atoms with Gasteiger partial charge in [0.2, 0.25) is 17.7 Å². The van der Waals surface area contributed by atoms with Gasteiger partial charge in [0.05, 0.1) is 6.54 Å². The minimum absolute atomic E-state index is 0.0117. The van der Waals surface area contributed by atoms with Crippen molar-refractivity contribution >= 4 is 40.6 Å². The van der Waals surface area contributed by atoms with Crippen molar-refractivity contribution in [1.29, 1.82) is 0 Å². The lowest BCUT2D eigenvalue weighted by Crippen LogP contribution is -2.56. The highest BCUT2D eigenvalue weighted by Crippen LogP contribution is 2.19. The van der Waals surface area contributed by atoms with Gasteiger partial charge in [0, 0.05) is 29.9 Å². The molecule has 1 aromatic carbocycles. The van der Waals surface area contributed by atoms with Gasteiger partial charge in [-0.25, -0.2) is 4.79 Å². The van der Waals surface area contributed by atoms with Gasteiger partial charge in [-0.3, -0.25) is 19.2 Å². The van der Waals surface area contributed by atoms with Gasteiger partial charge in [-0.2, -0.15) is 0 Å². The van der Waals surface area contributed by atoms with Crippen molar-refractivity contribution in [1.82, 2.24) is 20.9 Å². The van der Waals surface area contributed by atoms with E-state index in [9.17, 15) is 29.1 Å². The Bertz CT molecular complexity index is 1100. The van der Waals surface area contributed by atoms with Crippen molar-refractivity contribution in [3.63, 3.8) is 0 Å². The summed E-state index contributed by atoms with van der Waals surface area (Å²) in [5.41, 5.74) is 6.81. The zero-order valence-corrected chi connectivity index (χ0v) is 20.2. The number of aromatic nitrogens is 1. The minimum Gasteiger partial charge on any atom is -0.481 e. The van der Waals surface area contributed by atoms with Gasteiger partial charge in [0.25, 0.3) is 0 Å². The van der Waals surface area contributed by atoms with Crippen LogP contribution < -0.4 is 21.7 Å². The number of amides is 3. The molecule has 36 heavy (non-hydrogen) atoms. The molecule has 196 valence electrons. The highest BCUT2D eigenvalue weighted by Gasteiger charge is 2.30. The van der Waals surface area contributed by atoms with E-state index in [1.807, 2.05) is 38.1 Å². The number of carboxylic acids is 2. The van der Waals surface area contributed by atoms with E-state index in [1.54, 1.807) is 6.20 Å². The average Bonchev–Trinajstić information content (AvgIpc) is 3.22.